The van der Waals surface area contributed by atoms with E-state index in [-0.39, 0.29) is 60.2 Å². The highest BCUT2D eigenvalue weighted by atomic mass is 19.1. The molecule has 42 heavy (non-hydrogen) atoms. The molecular formula is C30H40FN7O4. The number of benzene rings is 1. The van der Waals surface area contributed by atoms with Crippen molar-refractivity contribution in [1.29, 1.82) is 0 Å². The Kier molecular flexibility index (Phi) is 9.10. The van der Waals surface area contributed by atoms with Gasteiger partial charge in [0.2, 0.25) is 11.9 Å². The third-order valence-electron chi connectivity index (χ3n) is 7.98. The van der Waals surface area contributed by atoms with Gasteiger partial charge in [0.05, 0.1) is 24.1 Å². The summed E-state index contributed by atoms with van der Waals surface area (Å²) in [5, 5.41) is 15.1. The minimum absolute atomic E-state index is 0.00639. The molecule has 0 spiro atoms. The average molecular weight is 582 g/mol. The number of anilines is 4. The number of ether oxygens (including phenoxy) is 1. The molecule has 3 heterocycles. The minimum Gasteiger partial charge on any atom is -0.491 e. The lowest BCUT2D eigenvalue weighted by atomic mass is 9.97. The lowest BCUT2D eigenvalue weighted by molar-refractivity contribution is -0.120. The number of aromatic nitrogens is 2. The van der Waals surface area contributed by atoms with Crippen LogP contribution in [0, 0.1) is 5.82 Å². The van der Waals surface area contributed by atoms with Crippen molar-refractivity contribution in [1.82, 2.24) is 20.2 Å². The largest absolute Gasteiger partial charge is 0.491 e. The third kappa shape index (κ3) is 6.28. The van der Waals surface area contributed by atoms with Crippen molar-refractivity contribution in [3.05, 3.63) is 42.0 Å². The van der Waals surface area contributed by atoms with Gasteiger partial charge in [-0.1, -0.05) is 13.0 Å². The fourth-order valence-corrected chi connectivity index (χ4v) is 5.59. The number of likely N-dealkylation sites (N-methyl/N-ethyl adjacent to an activating group) is 1. The summed E-state index contributed by atoms with van der Waals surface area (Å²) in [6.45, 7) is 5.88. The maximum atomic E-state index is 15.2. The molecule has 226 valence electrons. The molecule has 2 fully saturated rings. The Morgan fingerprint density at radius 3 is 2.67 bits per heavy atom. The zero-order chi connectivity index (χ0) is 29.8. The predicted octanol–water partition coefficient (Wildman–Crippen LogP) is 3.57. The Labute approximate surface area is 245 Å². The number of hydrogen-bond donors (Lipinski definition) is 3. The molecule has 1 aromatic heterocycles. The van der Waals surface area contributed by atoms with Gasteiger partial charge in [0, 0.05) is 51.3 Å². The fraction of sp³-hybridized carbons (Fsp3) is 0.533. The Morgan fingerprint density at radius 2 is 2.00 bits per heavy atom. The van der Waals surface area contributed by atoms with Crippen LogP contribution in [0.15, 0.2) is 30.6 Å². The van der Waals surface area contributed by atoms with Crippen LogP contribution >= 0.6 is 0 Å². The van der Waals surface area contributed by atoms with Crippen LogP contribution in [0.25, 0.3) is 0 Å². The second kappa shape index (κ2) is 12.9. The highest BCUT2D eigenvalue weighted by Crippen LogP contribution is 2.39. The first-order valence-corrected chi connectivity index (χ1v) is 14.8. The van der Waals surface area contributed by atoms with E-state index in [0.717, 1.165) is 38.8 Å². The topological polar surface area (TPSA) is 123 Å². The number of halogens is 1. The number of piperidine rings is 1. The number of carbonyl (C=O) groups is 2. The number of nitrogens with zero attached hydrogens (tertiary/aromatic N) is 5. The van der Waals surface area contributed by atoms with Crippen LogP contribution in [0.3, 0.4) is 0 Å². The molecule has 1 saturated carbocycles. The standard InChI is InChI=1S/C30H40FN7O4/c1-4-11-37-12-9-20(10-13-37)38-24(5-2)29(41)36(3)25-18-32-30(35-27(25)38)34-23-17-22(31)21(28(40)33-19-7-8-19)16-26(23)42-15-6-14-39/h4,11,16-20,24,39H,5-10,12-15H2,1-3H3,(H,33,40)(H,32,34,35)/t24-/m1/s1. The van der Waals surface area contributed by atoms with Crippen LogP contribution in [0.5, 0.6) is 5.75 Å². The van der Waals surface area contributed by atoms with Crippen molar-refractivity contribution >= 4 is 35.0 Å². The molecule has 0 bridgehead atoms. The Bertz CT molecular complexity index is 1330. The number of rotatable bonds is 11. The monoisotopic (exact) mass is 581 g/mol. The quantitative estimate of drug-likeness (QED) is 0.342. The summed E-state index contributed by atoms with van der Waals surface area (Å²) >= 11 is 0. The van der Waals surface area contributed by atoms with Gasteiger partial charge in [0.1, 0.15) is 23.3 Å². The molecule has 1 atom stereocenters. The number of hydrogen-bond acceptors (Lipinski definition) is 9. The number of nitrogens with one attached hydrogen (secondary N) is 2. The summed E-state index contributed by atoms with van der Waals surface area (Å²) in [6.07, 6.45) is 10.3. The van der Waals surface area contributed by atoms with E-state index >= 15 is 4.39 Å². The number of likely N-dealkylation sites (tertiary alicyclic amines) is 1. The van der Waals surface area contributed by atoms with Gasteiger partial charge in [-0.25, -0.2) is 9.37 Å². The lowest BCUT2D eigenvalue weighted by Gasteiger charge is -2.46. The Hall–Kier alpha value is -3.93. The van der Waals surface area contributed by atoms with E-state index in [4.69, 9.17) is 9.72 Å². The number of amides is 2. The lowest BCUT2D eigenvalue weighted by Crippen LogP contribution is -2.58. The van der Waals surface area contributed by atoms with E-state index in [9.17, 15) is 14.7 Å². The van der Waals surface area contributed by atoms with Gasteiger partial charge in [0.25, 0.3) is 5.91 Å². The van der Waals surface area contributed by atoms with Gasteiger partial charge >= 0.3 is 0 Å². The molecule has 2 amide bonds. The second-order valence-corrected chi connectivity index (χ2v) is 11.0. The molecule has 1 aromatic carbocycles. The van der Waals surface area contributed by atoms with E-state index in [2.05, 4.69) is 31.6 Å². The maximum Gasteiger partial charge on any atom is 0.254 e. The van der Waals surface area contributed by atoms with Crippen molar-refractivity contribution in [2.75, 3.05) is 48.5 Å². The van der Waals surface area contributed by atoms with Gasteiger partial charge in [-0.05, 0) is 51.3 Å². The Balaban J connectivity index is 1.46. The van der Waals surface area contributed by atoms with E-state index in [1.165, 1.54) is 12.1 Å². The highest BCUT2D eigenvalue weighted by Gasteiger charge is 2.41. The van der Waals surface area contributed by atoms with Crippen LogP contribution in [-0.2, 0) is 4.79 Å². The van der Waals surface area contributed by atoms with Gasteiger partial charge in [0.15, 0.2) is 5.82 Å². The molecule has 2 aromatic rings. The van der Waals surface area contributed by atoms with Gasteiger partial charge < -0.3 is 35.2 Å². The first kappa shape index (κ1) is 29.6. The van der Waals surface area contributed by atoms with Crippen molar-refractivity contribution in [2.24, 2.45) is 0 Å². The van der Waals surface area contributed by atoms with Gasteiger partial charge in [-0.3, -0.25) is 9.59 Å². The van der Waals surface area contributed by atoms with Crippen LogP contribution in [0.4, 0.5) is 27.5 Å². The predicted molar refractivity (Wildman–Crippen MR) is 159 cm³/mol. The normalized spacial score (nSPS) is 19.3. The van der Waals surface area contributed by atoms with Crippen molar-refractivity contribution in [2.45, 2.75) is 70.5 Å². The molecule has 2 aliphatic heterocycles. The summed E-state index contributed by atoms with van der Waals surface area (Å²) < 4.78 is 21.0. The number of allylic oxidation sites excluding steroid dienone is 1. The maximum absolute atomic E-state index is 15.2. The summed E-state index contributed by atoms with van der Waals surface area (Å²) in [5.41, 5.74) is 0.759. The SMILES string of the molecule is CC=CN1CCC(N2c3nc(Nc4cc(F)c(C(=O)NC5CC5)cc4OCCCO)ncc3N(C)C(=O)[C@H]2CC)CC1. The zero-order valence-electron chi connectivity index (χ0n) is 24.5. The molecule has 0 radical (unpaired) electrons. The first-order chi connectivity index (χ1) is 20.3. The molecule has 1 aliphatic carbocycles. The van der Waals surface area contributed by atoms with Crippen LogP contribution in [-0.4, -0.2) is 83.3 Å². The van der Waals surface area contributed by atoms with Crippen LogP contribution < -0.4 is 25.2 Å². The summed E-state index contributed by atoms with van der Waals surface area (Å²) in [4.78, 5) is 41.4. The van der Waals surface area contributed by atoms with E-state index in [1.807, 2.05) is 19.9 Å². The first-order valence-electron chi connectivity index (χ1n) is 14.8. The van der Waals surface area contributed by atoms with Crippen LogP contribution in [0.2, 0.25) is 0 Å². The molecule has 11 nitrogen and oxygen atoms in total. The number of aliphatic hydroxyl groups excluding tert-OH is 1. The van der Waals surface area contributed by atoms with Gasteiger partial charge in [-0.15, -0.1) is 0 Å². The number of carbonyl (C=O) groups excluding carboxylic acids is 2. The molecule has 5 rings (SSSR count). The average Bonchev–Trinajstić information content (AvgIpc) is 3.80. The summed E-state index contributed by atoms with van der Waals surface area (Å²) in [5.74, 6) is -0.0770. The molecule has 3 aliphatic rings. The number of fused-ring (bicyclic) bond motifs is 1. The van der Waals surface area contributed by atoms with Gasteiger partial charge in [-0.2, -0.15) is 4.98 Å². The fourth-order valence-electron chi connectivity index (χ4n) is 5.59. The Morgan fingerprint density at radius 1 is 1.24 bits per heavy atom. The molecule has 3 N–H and O–H groups in total. The number of aliphatic hydroxyl groups is 1. The molecule has 1 saturated heterocycles. The molecule has 12 heteroatoms. The highest BCUT2D eigenvalue weighted by molar-refractivity contribution is 6.04. The molecular weight excluding hydrogens is 541 g/mol. The van der Waals surface area contributed by atoms with Crippen molar-refractivity contribution in [3.63, 3.8) is 0 Å². The second-order valence-electron chi connectivity index (χ2n) is 11.0. The van der Waals surface area contributed by atoms with E-state index in [1.54, 1.807) is 18.1 Å². The van der Waals surface area contributed by atoms with Crippen molar-refractivity contribution in [3.8, 4) is 5.75 Å². The minimum atomic E-state index is -0.700. The molecule has 0 unspecified atom stereocenters. The smallest absolute Gasteiger partial charge is 0.254 e. The summed E-state index contributed by atoms with van der Waals surface area (Å²) in [6, 6.07) is 2.41. The van der Waals surface area contributed by atoms with E-state index < -0.39 is 11.7 Å². The zero-order valence-corrected chi connectivity index (χ0v) is 24.5. The third-order valence-corrected chi connectivity index (χ3v) is 7.98. The van der Waals surface area contributed by atoms with Crippen LogP contribution in [0.1, 0.15) is 62.7 Å². The van der Waals surface area contributed by atoms with E-state index in [0.29, 0.717) is 24.3 Å². The van der Waals surface area contributed by atoms with Crippen molar-refractivity contribution < 1.29 is 23.8 Å². The summed E-state index contributed by atoms with van der Waals surface area (Å²) in [7, 11) is 1.74.